The molecule has 0 spiro atoms. The number of carbonyl (C=O) groups is 2. The van der Waals surface area contributed by atoms with Crippen molar-refractivity contribution in [2.75, 3.05) is 13.2 Å². The average Bonchev–Trinajstić information content (AvgIpc) is 2.87. The third-order valence-electron chi connectivity index (χ3n) is 8.37. The Bertz CT molecular complexity index is 1470. The molecule has 0 saturated heterocycles. The molecule has 2 aromatic rings. The molecule has 3 aliphatic rings. The minimum absolute atomic E-state index is 0.0860. The second-order valence-electron chi connectivity index (χ2n) is 13.1. The van der Waals surface area contributed by atoms with Crippen molar-refractivity contribution < 1.29 is 19.1 Å². The van der Waals surface area contributed by atoms with E-state index in [0.717, 1.165) is 35.4 Å². The fourth-order valence-electron chi connectivity index (χ4n) is 6.71. The van der Waals surface area contributed by atoms with Gasteiger partial charge in [0.05, 0.1) is 21.7 Å². The van der Waals surface area contributed by atoms with Crippen LogP contribution in [-0.4, -0.2) is 29.6 Å². The third kappa shape index (κ3) is 5.85. The summed E-state index contributed by atoms with van der Waals surface area (Å²) in [5, 5.41) is 1.26. The zero-order chi connectivity index (χ0) is 30.6. The van der Waals surface area contributed by atoms with Crippen LogP contribution in [0.15, 0.2) is 52.9 Å². The monoisotopic (exact) mass is 629 g/mol. The SMILES string of the molecule is CCOc1cc(C2C3=C(CC(C)(C)CC3=O)N(CC)C3=C2C(=O)CC(C)(C)C3)cc(Cl)c1OCc1ccc(Cl)c(Cl)c1. The van der Waals surface area contributed by atoms with Gasteiger partial charge in [0.25, 0.3) is 0 Å². The summed E-state index contributed by atoms with van der Waals surface area (Å²) < 4.78 is 12.2. The molecule has 0 bridgehead atoms. The first-order valence-electron chi connectivity index (χ1n) is 14.6. The van der Waals surface area contributed by atoms with Gasteiger partial charge in [0.1, 0.15) is 6.61 Å². The Morgan fingerprint density at radius 3 is 1.90 bits per heavy atom. The summed E-state index contributed by atoms with van der Waals surface area (Å²) in [6.07, 6.45) is 2.39. The second-order valence-corrected chi connectivity index (χ2v) is 14.3. The lowest BCUT2D eigenvalue weighted by Crippen LogP contribution is -2.44. The smallest absolute Gasteiger partial charge is 0.180 e. The minimum Gasteiger partial charge on any atom is -0.490 e. The Labute approximate surface area is 263 Å². The lowest BCUT2D eigenvalue weighted by molar-refractivity contribution is -0.119. The van der Waals surface area contributed by atoms with Gasteiger partial charge >= 0.3 is 0 Å². The number of nitrogens with zero attached hydrogens (tertiary/aromatic N) is 1. The van der Waals surface area contributed by atoms with Crippen molar-refractivity contribution in [1.82, 2.24) is 4.90 Å². The first-order valence-corrected chi connectivity index (χ1v) is 15.7. The summed E-state index contributed by atoms with van der Waals surface area (Å²) >= 11 is 19.2. The number of benzene rings is 2. The van der Waals surface area contributed by atoms with Crippen molar-refractivity contribution >= 4 is 46.4 Å². The molecule has 2 aromatic carbocycles. The van der Waals surface area contributed by atoms with Gasteiger partial charge in [-0.25, -0.2) is 0 Å². The molecule has 42 heavy (non-hydrogen) atoms. The van der Waals surface area contributed by atoms with Gasteiger partial charge < -0.3 is 14.4 Å². The molecule has 5 rings (SSSR count). The van der Waals surface area contributed by atoms with Crippen LogP contribution in [0.1, 0.15) is 84.3 Å². The maximum atomic E-state index is 13.9. The molecule has 0 aromatic heterocycles. The molecule has 8 heteroatoms. The Morgan fingerprint density at radius 2 is 1.38 bits per heavy atom. The molecule has 5 nitrogen and oxygen atoms in total. The first kappa shape index (κ1) is 31.0. The molecule has 224 valence electrons. The molecule has 0 unspecified atom stereocenters. The van der Waals surface area contributed by atoms with E-state index in [-0.39, 0.29) is 29.0 Å². The second kappa shape index (κ2) is 11.6. The van der Waals surface area contributed by atoms with Crippen molar-refractivity contribution in [3.05, 3.63) is 79.1 Å². The molecular formula is C34H38Cl3NO4. The summed E-state index contributed by atoms with van der Waals surface area (Å²) in [5.41, 5.74) is 4.74. The highest BCUT2D eigenvalue weighted by Gasteiger charge is 2.48. The number of ether oxygens (including phenoxy) is 2. The molecular weight excluding hydrogens is 593 g/mol. The standard InChI is InChI=1S/C34H38Cl3NO4/c1-7-38-24-14-33(3,4)16-26(39)30(24)29(31-25(38)15-34(5,6)17-27(31)40)20-12-23(37)32(28(13-20)41-8-2)42-18-19-9-10-21(35)22(36)11-19/h9-13,29H,7-8,14-18H2,1-6H3. The summed E-state index contributed by atoms with van der Waals surface area (Å²) in [6.45, 7) is 13.8. The van der Waals surface area contributed by atoms with E-state index >= 15 is 0 Å². The Balaban J connectivity index is 1.65. The lowest BCUT2D eigenvalue weighted by atomic mass is 9.63. The van der Waals surface area contributed by atoms with Crippen molar-refractivity contribution in [3.8, 4) is 11.5 Å². The maximum absolute atomic E-state index is 13.9. The summed E-state index contributed by atoms with van der Waals surface area (Å²) in [6, 6.07) is 9.03. The van der Waals surface area contributed by atoms with E-state index in [2.05, 4.69) is 39.5 Å². The highest BCUT2D eigenvalue weighted by Crippen LogP contribution is 2.55. The number of halogens is 3. The zero-order valence-electron chi connectivity index (χ0n) is 25.1. The number of hydrogen-bond donors (Lipinski definition) is 0. The third-order valence-corrected chi connectivity index (χ3v) is 9.39. The normalized spacial score (nSPS) is 20.1. The van der Waals surface area contributed by atoms with Crippen molar-refractivity contribution in [3.63, 3.8) is 0 Å². The minimum atomic E-state index is -0.508. The molecule has 1 heterocycles. The Morgan fingerprint density at radius 1 is 0.786 bits per heavy atom. The molecule has 0 saturated carbocycles. The van der Waals surface area contributed by atoms with Gasteiger partial charge in [0.15, 0.2) is 23.1 Å². The molecule has 0 N–H and O–H groups in total. The first-order chi connectivity index (χ1) is 19.7. The predicted octanol–water partition coefficient (Wildman–Crippen LogP) is 9.33. The van der Waals surface area contributed by atoms with Crippen LogP contribution in [0.3, 0.4) is 0 Å². The molecule has 0 amide bonds. The van der Waals surface area contributed by atoms with Crippen LogP contribution < -0.4 is 9.47 Å². The van der Waals surface area contributed by atoms with Crippen LogP contribution in [0.4, 0.5) is 0 Å². The van der Waals surface area contributed by atoms with Crippen molar-refractivity contribution in [2.45, 2.75) is 79.8 Å². The van der Waals surface area contributed by atoms with E-state index in [1.807, 2.05) is 25.1 Å². The van der Waals surface area contributed by atoms with E-state index in [9.17, 15) is 9.59 Å². The van der Waals surface area contributed by atoms with Gasteiger partial charge in [-0.05, 0) is 72.9 Å². The fraction of sp³-hybridized carbons (Fsp3) is 0.471. The van der Waals surface area contributed by atoms with E-state index in [0.29, 0.717) is 63.7 Å². The molecule has 2 aliphatic carbocycles. The largest absolute Gasteiger partial charge is 0.490 e. The Hall–Kier alpha value is -2.47. The van der Waals surface area contributed by atoms with Gasteiger partial charge in [-0.15, -0.1) is 0 Å². The van der Waals surface area contributed by atoms with Crippen molar-refractivity contribution in [2.24, 2.45) is 10.8 Å². The van der Waals surface area contributed by atoms with Crippen LogP contribution >= 0.6 is 34.8 Å². The van der Waals surface area contributed by atoms with Crippen LogP contribution in [-0.2, 0) is 16.2 Å². The van der Waals surface area contributed by atoms with Crippen LogP contribution in [0.2, 0.25) is 15.1 Å². The highest BCUT2D eigenvalue weighted by molar-refractivity contribution is 6.42. The van der Waals surface area contributed by atoms with E-state index in [1.54, 1.807) is 12.1 Å². The van der Waals surface area contributed by atoms with E-state index < -0.39 is 5.92 Å². The van der Waals surface area contributed by atoms with Gasteiger partial charge in [-0.3, -0.25) is 9.59 Å². The number of Topliss-reactive ketones (excluding diaryl/α,β-unsaturated/α-hetero) is 2. The topological polar surface area (TPSA) is 55.8 Å². The van der Waals surface area contributed by atoms with Gasteiger partial charge in [-0.2, -0.15) is 0 Å². The molecule has 0 fully saturated rings. The number of hydrogen-bond acceptors (Lipinski definition) is 5. The quantitative estimate of drug-likeness (QED) is 0.305. The van der Waals surface area contributed by atoms with Crippen LogP contribution in [0, 0.1) is 10.8 Å². The van der Waals surface area contributed by atoms with Crippen molar-refractivity contribution in [1.29, 1.82) is 0 Å². The van der Waals surface area contributed by atoms with Crippen LogP contribution in [0.25, 0.3) is 0 Å². The highest BCUT2D eigenvalue weighted by atomic mass is 35.5. The van der Waals surface area contributed by atoms with E-state index in [4.69, 9.17) is 44.3 Å². The summed E-state index contributed by atoms with van der Waals surface area (Å²) in [5.74, 6) is 0.529. The predicted molar refractivity (Wildman–Crippen MR) is 169 cm³/mol. The summed E-state index contributed by atoms with van der Waals surface area (Å²) in [7, 11) is 0. The Kier molecular flexibility index (Phi) is 8.52. The van der Waals surface area contributed by atoms with Crippen LogP contribution in [0.5, 0.6) is 11.5 Å². The molecule has 0 radical (unpaired) electrons. The van der Waals surface area contributed by atoms with E-state index in [1.165, 1.54) is 0 Å². The number of rotatable bonds is 7. The number of ketones is 2. The average molecular weight is 631 g/mol. The van der Waals surface area contributed by atoms with Gasteiger partial charge in [0, 0.05) is 47.8 Å². The molecule has 1 aliphatic heterocycles. The summed E-state index contributed by atoms with van der Waals surface area (Å²) in [4.78, 5) is 30.1. The zero-order valence-corrected chi connectivity index (χ0v) is 27.4. The van der Waals surface area contributed by atoms with Gasteiger partial charge in [-0.1, -0.05) is 68.6 Å². The number of carbonyl (C=O) groups excluding carboxylic acids is 2. The number of allylic oxidation sites excluding steroid dienone is 4. The maximum Gasteiger partial charge on any atom is 0.180 e. The fourth-order valence-corrected chi connectivity index (χ4v) is 7.30. The van der Waals surface area contributed by atoms with Gasteiger partial charge in [0.2, 0.25) is 0 Å². The molecule has 0 atom stereocenters. The lowest BCUT2D eigenvalue weighted by Gasteiger charge is -2.49.